The third-order valence-corrected chi connectivity index (χ3v) is 3.69. The van der Waals surface area contributed by atoms with Crippen LogP contribution in [0, 0.1) is 0 Å². The van der Waals surface area contributed by atoms with Crippen LogP contribution in [0.4, 0.5) is 5.82 Å². The molecule has 2 aromatic rings. The number of para-hydroxylation sites is 1. The summed E-state index contributed by atoms with van der Waals surface area (Å²) in [6, 6.07) is 9.38. The van der Waals surface area contributed by atoms with Crippen molar-refractivity contribution in [2.75, 3.05) is 11.4 Å². The van der Waals surface area contributed by atoms with Crippen LogP contribution in [0.2, 0.25) is 0 Å². The first-order valence-corrected chi connectivity index (χ1v) is 6.98. The highest BCUT2D eigenvalue weighted by Crippen LogP contribution is 2.24. The van der Waals surface area contributed by atoms with Crippen LogP contribution in [0.25, 0.3) is 10.9 Å². The minimum absolute atomic E-state index is 0.312. The van der Waals surface area contributed by atoms with Crippen LogP contribution in [0.1, 0.15) is 37.6 Å². The summed E-state index contributed by atoms with van der Waals surface area (Å²) in [6.07, 6.45) is 0.991. The van der Waals surface area contributed by atoms with E-state index in [4.69, 9.17) is 0 Å². The predicted molar refractivity (Wildman–Crippen MR) is 81.5 cm³/mol. The molecule has 1 unspecified atom stereocenters. The third kappa shape index (κ3) is 2.59. The summed E-state index contributed by atoms with van der Waals surface area (Å²) in [7, 11) is 0. The van der Waals surface area contributed by atoms with Crippen LogP contribution in [0.3, 0.4) is 0 Å². The molecule has 0 spiro atoms. The van der Waals surface area contributed by atoms with Gasteiger partial charge in [0.2, 0.25) is 0 Å². The number of benzene rings is 1. The van der Waals surface area contributed by atoms with Crippen molar-refractivity contribution in [1.82, 2.24) is 4.98 Å². The minimum Gasteiger partial charge on any atom is -0.478 e. The van der Waals surface area contributed by atoms with Crippen molar-refractivity contribution in [1.29, 1.82) is 0 Å². The molecule has 1 aromatic carbocycles. The normalized spacial score (nSPS) is 12.3. The molecule has 1 aromatic heterocycles. The van der Waals surface area contributed by atoms with Gasteiger partial charge in [0.1, 0.15) is 5.82 Å². The second kappa shape index (κ2) is 5.90. The Morgan fingerprint density at radius 3 is 2.65 bits per heavy atom. The van der Waals surface area contributed by atoms with Gasteiger partial charge in [0, 0.05) is 18.0 Å². The van der Waals surface area contributed by atoms with Gasteiger partial charge in [-0.05, 0) is 32.4 Å². The van der Waals surface area contributed by atoms with E-state index in [1.807, 2.05) is 18.2 Å². The first-order chi connectivity index (χ1) is 9.58. The number of aromatic nitrogens is 1. The quantitative estimate of drug-likeness (QED) is 0.904. The minimum atomic E-state index is -0.912. The van der Waals surface area contributed by atoms with Gasteiger partial charge in [0.05, 0.1) is 11.1 Å². The molecule has 0 aliphatic rings. The highest BCUT2D eigenvalue weighted by molar-refractivity contribution is 6.03. The summed E-state index contributed by atoms with van der Waals surface area (Å²) in [5.41, 5.74) is 1.04. The Labute approximate surface area is 119 Å². The van der Waals surface area contributed by atoms with Gasteiger partial charge in [-0.15, -0.1) is 0 Å². The Hall–Kier alpha value is -2.10. The van der Waals surface area contributed by atoms with Crippen LogP contribution in [-0.2, 0) is 0 Å². The molecular weight excluding hydrogens is 252 g/mol. The lowest BCUT2D eigenvalue weighted by Gasteiger charge is -2.28. The van der Waals surface area contributed by atoms with E-state index < -0.39 is 5.97 Å². The lowest BCUT2D eigenvalue weighted by molar-refractivity contribution is 0.0699. The van der Waals surface area contributed by atoms with E-state index in [2.05, 4.69) is 30.7 Å². The van der Waals surface area contributed by atoms with Crippen molar-refractivity contribution in [3.8, 4) is 0 Å². The van der Waals surface area contributed by atoms with Crippen LogP contribution in [-0.4, -0.2) is 28.6 Å². The molecule has 0 fully saturated rings. The van der Waals surface area contributed by atoms with Crippen LogP contribution < -0.4 is 4.90 Å². The molecule has 106 valence electrons. The molecule has 1 N–H and O–H groups in total. The zero-order valence-corrected chi connectivity index (χ0v) is 12.1. The molecule has 0 bridgehead atoms. The van der Waals surface area contributed by atoms with Gasteiger partial charge in [-0.2, -0.15) is 0 Å². The topological polar surface area (TPSA) is 53.4 Å². The average molecular weight is 272 g/mol. The number of carbonyl (C=O) groups is 1. The fourth-order valence-corrected chi connectivity index (χ4v) is 2.41. The van der Waals surface area contributed by atoms with E-state index in [-0.39, 0.29) is 0 Å². The van der Waals surface area contributed by atoms with Crippen LogP contribution in [0.5, 0.6) is 0 Å². The maximum Gasteiger partial charge on any atom is 0.336 e. The second-order valence-electron chi connectivity index (χ2n) is 4.89. The van der Waals surface area contributed by atoms with E-state index in [1.54, 1.807) is 12.1 Å². The number of hydrogen-bond acceptors (Lipinski definition) is 3. The average Bonchev–Trinajstić information content (AvgIpc) is 2.46. The van der Waals surface area contributed by atoms with Crippen LogP contribution >= 0.6 is 0 Å². The molecule has 4 nitrogen and oxygen atoms in total. The number of nitrogens with zero attached hydrogens (tertiary/aromatic N) is 2. The molecule has 4 heteroatoms. The molecule has 0 radical (unpaired) electrons. The molecule has 1 heterocycles. The number of carboxylic acid groups (broad SMARTS) is 1. The lowest BCUT2D eigenvalue weighted by atomic mass is 10.1. The zero-order valence-electron chi connectivity index (χ0n) is 12.1. The van der Waals surface area contributed by atoms with E-state index in [9.17, 15) is 9.90 Å². The Bertz CT molecular complexity index is 625. The largest absolute Gasteiger partial charge is 0.478 e. The fraction of sp³-hybridized carbons (Fsp3) is 0.375. The summed E-state index contributed by atoms with van der Waals surface area (Å²) in [5.74, 6) is -0.178. The van der Waals surface area contributed by atoms with Crippen molar-refractivity contribution in [2.24, 2.45) is 0 Å². The zero-order chi connectivity index (χ0) is 14.7. The van der Waals surface area contributed by atoms with Gasteiger partial charge >= 0.3 is 5.97 Å². The molecule has 0 saturated carbocycles. The number of aromatic carboxylic acids is 1. The number of fused-ring (bicyclic) bond motifs is 1. The molecule has 0 aliphatic heterocycles. The number of carboxylic acids is 1. The highest BCUT2D eigenvalue weighted by atomic mass is 16.4. The van der Waals surface area contributed by atoms with E-state index in [1.165, 1.54) is 0 Å². The first-order valence-electron chi connectivity index (χ1n) is 6.98. The SMILES string of the molecule is CCC(C)N(CC)c1cc(C(=O)O)c2ccccc2n1. The summed E-state index contributed by atoms with van der Waals surface area (Å²) in [6.45, 7) is 7.11. The van der Waals surface area contributed by atoms with Gasteiger partial charge in [-0.1, -0.05) is 25.1 Å². The van der Waals surface area contributed by atoms with Crippen molar-refractivity contribution >= 4 is 22.7 Å². The number of hydrogen-bond donors (Lipinski definition) is 1. The summed E-state index contributed by atoms with van der Waals surface area (Å²) in [4.78, 5) is 18.2. The molecule has 0 aliphatic carbocycles. The van der Waals surface area contributed by atoms with Crippen molar-refractivity contribution in [3.63, 3.8) is 0 Å². The molecule has 0 saturated heterocycles. The fourth-order valence-electron chi connectivity index (χ4n) is 2.41. The number of rotatable bonds is 5. The first kappa shape index (κ1) is 14.3. The highest BCUT2D eigenvalue weighted by Gasteiger charge is 2.17. The smallest absolute Gasteiger partial charge is 0.336 e. The van der Waals surface area contributed by atoms with Crippen molar-refractivity contribution in [2.45, 2.75) is 33.2 Å². The van der Waals surface area contributed by atoms with E-state index in [0.29, 0.717) is 17.0 Å². The summed E-state index contributed by atoms with van der Waals surface area (Å²) < 4.78 is 0. The summed E-state index contributed by atoms with van der Waals surface area (Å²) >= 11 is 0. The lowest BCUT2D eigenvalue weighted by Crippen LogP contribution is -2.33. The van der Waals surface area contributed by atoms with Gasteiger partial charge in [0.25, 0.3) is 0 Å². The van der Waals surface area contributed by atoms with Crippen molar-refractivity contribution < 1.29 is 9.90 Å². The van der Waals surface area contributed by atoms with E-state index >= 15 is 0 Å². The maximum atomic E-state index is 11.5. The van der Waals surface area contributed by atoms with Gasteiger partial charge in [0.15, 0.2) is 0 Å². The molecule has 1 atom stereocenters. The Morgan fingerprint density at radius 2 is 2.05 bits per heavy atom. The summed E-state index contributed by atoms with van der Waals surface area (Å²) in [5, 5.41) is 10.1. The Kier molecular flexibility index (Phi) is 4.23. The molecule has 0 amide bonds. The number of anilines is 1. The molecular formula is C16H20N2O2. The monoisotopic (exact) mass is 272 g/mol. The predicted octanol–water partition coefficient (Wildman–Crippen LogP) is 3.56. The molecule has 2 rings (SSSR count). The number of pyridine rings is 1. The van der Waals surface area contributed by atoms with Gasteiger partial charge in [-0.3, -0.25) is 0 Å². The maximum absolute atomic E-state index is 11.5. The van der Waals surface area contributed by atoms with Gasteiger partial charge < -0.3 is 10.0 Å². The third-order valence-electron chi connectivity index (χ3n) is 3.69. The van der Waals surface area contributed by atoms with Crippen LogP contribution in [0.15, 0.2) is 30.3 Å². The van der Waals surface area contributed by atoms with Gasteiger partial charge in [-0.25, -0.2) is 9.78 Å². The van der Waals surface area contributed by atoms with E-state index in [0.717, 1.165) is 24.3 Å². The van der Waals surface area contributed by atoms with Crippen molar-refractivity contribution in [3.05, 3.63) is 35.9 Å². The molecule has 20 heavy (non-hydrogen) atoms. The standard InChI is InChI=1S/C16H20N2O2/c1-4-11(3)18(5-2)15-10-13(16(19)20)12-8-6-7-9-14(12)17-15/h6-11H,4-5H2,1-3H3,(H,19,20). The Morgan fingerprint density at radius 1 is 1.35 bits per heavy atom. The Balaban J connectivity index is 2.63. The second-order valence-corrected chi connectivity index (χ2v) is 4.89.